The molecule has 2 heteroatoms. The van der Waals surface area contributed by atoms with E-state index >= 15 is 0 Å². The van der Waals surface area contributed by atoms with Gasteiger partial charge in [0.1, 0.15) is 0 Å². The zero-order chi connectivity index (χ0) is 9.80. The van der Waals surface area contributed by atoms with Crippen LogP contribution in [0.25, 0.3) is 6.08 Å². The third kappa shape index (κ3) is 1.86. The summed E-state index contributed by atoms with van der Waals surface area (Å²) in [6, 6.07) is 8.02. The molecule has 1 fully saturated rings. The smallest absolute Gasteiger partial charge is 0.184 e. The molecule has 0 atom stereocenters. The molecule has 1 saturated heterocycles. The van der Waals surface area contributed by atoms with E-state index in [1.165, 1.54) is 0 Å². The van der Waals surface area contributed by atoms with E-state index in [0.717, 1.165) is 30.8 Å². The standard InChI is InChI=1S/C12H14O2/c1-2-10-6-3-4-7-11(10)12-13-8-5-9-14-12/h2-4,6-7,12H,1,5,8-9H2. The summed E-state index contributed by atoms with van der Waals surface area (Å²) in [6.45, 7) is 5.32. The van der Waals surface area contributed by atoms with E-state index in [-0.39, 0.29) is 6.29 Å². The van der Waals surface area contributed by atoms with Crippen LogP contribution in [-0.4, -0.2) is 13.2 Å². The normalized spacial score (nSPS) is 18.0. The fourth-order valence-electron chi connectivity index (χ4n) is 1.58. The van der Waals surface area contributed by atoms with Gasteiger partial charge >= 0.3 is 0 Å². The van der Waals surface area contributed by atoms with E-state index in [9.17, 15) is 0 Å². The summed E-state index contributed by atoms with van der Waals surface area (Å²) in [5.41, 5.74) is 2.15. The van der Waals surface area contributed by atoms with Gasteiger partial charge in [-0.3, -0.25) is 0 Å². The van der Waals surface area contributed by atoms with E-state index in [2.05, 4.69) is 6.58 Å². The molecule has 2 rings (SSSR count). The second-order valence-electron chi connectivity index (χ2n) is 3.26. The molecular formula is C12H14O2. The maximum Gasteiger partial charge on any atom is 0.184 e. The van der Waals surface area contributed by atoms with Crippen molar-refractivity contribution in [2.75, 3.05) is 13.2 Å². The Kier molecular flexibility index (Phi) is 2.96. The van der Waals surface area contributed by atoms with Gasteiger partial charge < -0.3 is 9.47 Å². The van der Waals surface area contributed by atoms with Gasteiger partial charge in [0.2, 0.25) is 0 Å². The molecule has 0 bridgehead atoms. The van der Waals surface area contributed by atoms with Crippen LogP contribution in [-0.2, 0) is 9.47 Å². The van der Waals surface area contributed by atoms with Crippen molar-refractivity contribution >= 4 is 6.08 Å². The zero-order valence-electron chi connectivity index (χ0n) is 8.11. The first-order valence-corrected chi connectivity index (χ1v) is 4.86. The molecule has 0 saturated carbocycles. The summed E-state index contributed by atoms with van der Waals surface area (Å²) in [7, 11) is 0. The van der Waals surface area contributed by atoms with Gasteiger partial charge in [-0.1, -0.05) is 36.9 Å². The predicted octanol–water partition coefficient (Wildman–Crippen LogP) is 2.77. The number of rotatable bonds is 2. The Labute approximate surface area is 84.2 Å². The van der Waals surface area contributed by atoms with Crippen LogP contribution >= 0.6 is 0 Å². The molecule has 0 amide bonds. The molecule has 0 radical (unpaired) electrons. The Morgan fingerprint density at radius 3 is 2.64 bits per heavy atom. The van der Waals surface area contributed by atoms with Crippen LogP contribution in [0.4, 0.5) is 0 Å². The van der Waals surface area contributed by atoms with E-state index in [4.69, 9.17) is 9.47 Å². The molecule has 1 heterocycles. The number of hydrogen-bond acceptors (Lipinski definition) is 2. The fraction of sp³-hybridized carbons (Fsp3) is 0.333. The van der Waals surface area contributed by atoms with Crippen LogP contribution in [0.3, 0.4) is 0 Å². The number of hydrogen-bond donors (Lipinski definition) is 0. The Morgan fingerprint density at radius 1 is 1.21 bits per heavy atom. The van der Waals surface area contributed by atoms with Crippen molar-refractivity contribution in [3.63, 3.8) is 0 Å². The van der Waals surface area contributed by atoms with E-state index in [0.29, 0.717) is 0 Å². The molecule has 0 aliphatic carbocycles. The van der Waals surface area contributed by atoms with Crippen LogP contribution in [0, 0.1) is 0 Å². The largest absolute Gasteiger partial charge is 0.348 e. The minimum atomic E-state index is -0.210. The molecule has 0 spiro atoms. The van der Waals surface area contributed by atoms with Crippen LogP contribution in [0.15, 0.2) is 30.8 Å². The van der Waals surface area contributed by atoms with Crippen molar-refractivity contribution in [2.45, 2.75) is 12.7 Å². The molecule has 0 N–H and O–H groups in total. The lowest BCUT2D eigenvalue weighted by Crippen LogP contribution is -2.18. The van der Waals surface area contributed by atoms with E-state index in [1.54, 1.807) is 0 Å². The van der Waals surface area contributed by atoms with Gasteiger partial charge in [-0.25, -0.2) is 0 Å². The van der Waals surface area contributed by atoms with Crippen LogP contribution in [0.1, 0.15) is 23.8 Å². The summed E-state index contributed by atoms with van der Waals surface area (Å²) in [5, 5.41) is 0. The Hall–Kier alpha value is -1.12. The van der Waals surface area contributed by atoms with Gasteiger partial charge in [0.15, 0.2) is 6.29 Å². The highest BCUT2D eigenvalue weighted by Crippen LogP contribution is 2.26. The fourth-order valence-corrected chi connectivity index (χ4v) is 1.58. The van der Waals surface area contributed by atoms with E-state index < -0.39 is 0 Å². The van der Waals surface area contributed by atoms with E-state index in [1.807, 2.05) is 30.3 Å². The maximum absolute atomic E-state index is 5.54. The summed E-state index contributed by atoms with van der Waals surface area (Å²) in [6.07, 6.45) is 2.60. The predicted molar refractivity (Wildman–Crippen MR) is 55.8 cm³/mol. The van der Waals surface area contributed by atoms with Crippen molar-refractivity contribution in [1.82, 2.24) is 0 Å². The second kappa shape index (κ2) is 4.40. The van der Waals surface area contributed by atoms with Gasteiger partial charge in [-0.15, -0.1) is 0 Å². The molecule has 1 aromatic carbocycles. The average molecular weight is 190 g/mol. The Balaban J connectivity index is 2.24. The first kappa shape index (κ1) is 9.44. The first-order chi connectivity index (χ1) is 6.92. The average Bonchev–Trinajstić information content (AvgIpc) is 2.30. The lowest BCUT2D eigenvalue weighted by molar-refractivity contribution is -0.183. The second-order valence-corrected chi connectivity index (χ2v) is 3.26. The lowest BCUT2D eigenvalue weighted by Gasteiger charge is -2.24. The summed E-state index contributed by atoms with van der Waals surface area (Å²) in [5.74, 6) is 0. The van der Waals surface area contributed by atoms with Gasteiger partial charge in [0.05, 0.1) is 13.2 Å². The highest BCUT2D eigenvalue weighted by atomic mass is 16.7. The first-order valence-electron chi connectivity index (χ1n) is 4.86. The summed E-state index contributed by atoms with van der Waals surface area (Å²) in [4.78, 5) is 0. The van der Waals surface area contributed by atoms with Crippen molar-refractivity contribution in [2.24, 2.45) is 0 Å². The highest BCUT2D eigenvalue weighted by Gasteiger charge is 2.17. The van der Waals surface area contributed by atoms with Gasteiger partial charge in [0.25, 0.3) is 0 Å². The molecule has 14 heavy (non-hydrogen) atoms. The lowest BCUT2D eigenvalue weighted by atomic mass is 10.1. The van der Waals surface area contributed by atoms with Gasteiger partial charge in [-0.05, 0) is 12.0 Å². The molecule has 1 aromatic rings. The number of benzene rings is 1. The maximum atomic E-state index is 5.54. The Bertz CT molecular complexity index is 314. The zero-order valence-corrected chi connectivity index (χ0v) is 8.11. The molecule has 74 valence electrons. The van der Waals surface area contributed by atoms with Crippen LogP contribution in [0.5, 0.6) is 0 Å². The monoisotopic (exact) mass is 190 g/mol. The molecule has 1 aliphatic heterocycles. The third-order valence-corrected chi connectivity index (χ3v) is 2.30. The SMILES string of the molecule is C=Cc1ccccc1C1OCCCO1. The summed E-state index contributed by atoms with van der Waals surface area (Å²) >= 11 is 0. The number of ether oxygens (including phenoxy) is 2. The van der Waals surface area contributed by atoms with Crippen molar-refractivity contribution in [3.05, 3.63) is 42.0 Å². The molecule has 0 unspecified atom stereocenters. The minimum Gasteiger partial charge on any atom is -0.348 e. The quantitative estimate of drug-likeness (QED) is 0.714. The molecule has 0 aromatic heterocycles. The van der Waals surface area contributed by atoms with Gasteiger partial charge in [-0.2, -0.15) is 0 Å². The summed E-state index contributed by atoms with van der Waals surface area (Å²) < 4.78 is 11.1. The molecular weight excluding hydrogens is 176 g/mol. The molecule has 2 nitrogen and oxygen atoms in total. The topological polar surface area (TPSA) is 18.5 Å². The third-order valence-electron chi connectivity index (χ3n) is 2.30. The van der Waals surface area contributed by atoms with Crippen LogP contribution < -0.4 is 0 Å². The minimum absolute atomic E-state index is 0.210. The van der Waals surface area contributed by atoms with Gasteiger partial charge in [0, 0.05) is 5.56 Å². The van der Waals surface area contributed by atoms with Crippen LogP contribution in [0.2, 0.25) is 0 Å². The molecule has 1 aliphatic rings. The Morgan fingerprint density at radius 2 is 1.93 bits per heavy atom. The van der Waals surface area contributed by atoms with Crippen molar-refractivity contribution in [3.8, 4) is 0 Å². The van der Waals surface area contributed by atoms with Crippen molar-refractivity contribution in [1.29, 1.82) is 0 Å². The van der Waals surface area contributed by atoms with Crippen molar-refractivity contribution < 1.29 is 9.47 Å². The highest BCUT2D eigenvalue weighted by molar-refractivity contribution is 5.52.